The second kappa shape index (κ2) is 5.47. The number of fused-ring (bicyclic) bond motifs is 1. The lowest BCUT2D eigenvalue weighted by Crippen LogP contribution is -2.19. The molecule has 0 spiro atoms. The van der Waals surface area contributed by atoms with Crippen molar-refractivity contribution in [3.8, 4) is 0 Å². The molecule has 1 aromatic carbocycles. The molecule has 1 atom stereocenters. The molecule has 0 saturated heterocycles. The number of likely N-dealkylation sites (N-methyl/N-ethyl adjacent to an activating group) is 1. The molecule has 2 rings (SSSR count). The maximum atomic E-state index is 13.6. The zero-order valence-electron chi connectivity index (χ0n) is 11.7. The number of nitrogens with zero attached hydrogens (tertiary/aromatic N) is 3. The van der Waals surface area contributed by atoms with Gasteiger partial charge >= 0.3 is 0 Å². The Labute approximate surface area is 118 Å². The number of halogens is 2. The summed E-state index contributed by atoms with van der Waals surface area (Å²) in [4.78, 5) is 6.57. The first kappa shape index (κ1) is 14.3. The van der Waals surface area contributed by atoms with E-state index in [9.17, 15) is 4.39 Å². The summed E-state index contributed by atoms with van der Waals surface area (Å²) < 4.78 is 15.7. The third-order valence-corrected chi connectivity index (χ3v) is 3.38. The van der Waals surface area contributed by atoms with Crippen LogP contribution in [-0.4, -0.2) is 35.1 Å². The Morgan fingerprint density at radius 1 is 1.42 bits per heavy atom. The fraction of sp³-hybridized carbons (Fsp3) is 0.500. The lowest BCUT2D eigenvalue weighted by Gasteiger charge is -2.14. The van der Waals surface area contributed by atoms with Gasteiger partial charge in [-0.15, -0.1) is 11.6 Å². The van der Waals surface area contributed by atoms with Crippen LogP contribution in [0, 0.1) is 12.7 Å². The number of aryl methyl sites for hydroxylation is 1. The fourth-order valence-corrected chi connectivity index (χ4v) is 2.27. The minimum absolute atomic E-state index is 0.196. The van der Waals surface area contributed by atoms with E-state index < -0.39 is 0 Å². The molecule has 0 radical (unpaired) electrons. The van der Waals surface area contributed by atoms with Crippen LogP contribution < -0.4 is 0 Å². The first-order valence-corrected chi connectivity index (χ1v) is 6.79. The maximum absolute atomic E-state index is 13.6. The maximum Gasteiger partial charge on any atom is 0.128 e. The van der Waals surface area contributed by atoms with Crippen molar-refractivity contribution in [2.24, 2.45) is 0 Å². The van der Waals surface area contributed by atoms with Crippen LogP contribution in [0.3, 0.4) is 0 Å². The van der Waals surface area contributed by atoms with Crippen molar-refractivity contribution in [2.75, 3.05) is 20.6 Å². The number of rotatable bonds is 4. The van der Waals surface area contributed by atoms with Gasteiger partial charge in [0.2, 0.25) is 0 Å². The van der Waals surface area contributed by atoms with Crippen LogP contribution in [0.15, 0.2) is 12.1 Å². The van der Waals surface area contributed by atoms with Crippen LogP contribution in [0.4, 0.5) is 4.39 Å². The third-order valence-electron chi connectivity index (χ3n) is 3.18. The summed E-state index contributed by atoms with van der Waals surface area (Å²) in [5.41, 5.74) is 2.25. The lowest BCUT2D eigenvalue weighted by atomic mass is 10.2. The summed E-state index contributed by atoms with van der Waals surface area (Å²) in [5.74, 6) is 0.571. The molecule has 1 heterocycles. The SMILES string of the molecule is Cc1cc2c(cc1F)nc(C(C)Cl)n2CCN(C)C. The molecule has 0 aliphatic carbocycles. The zero-order chi connectivity index (χ0) is 14.2. The smallest absolute Gasteiger partial charge is 0.128 e. The van der Waals surface area contributed by atoms with E-state index in [1.165, 1.54) is 6.07 Å². The van der Waals surface area contributed by atoms with E-state index >= 15 is 0 Å². The second-order valence-corrected chi connectivity index (χ2v) is 5.79. The third kappa shape index (κ3) is 2.90. The van der Waals surface area contributed by atoms with Crippen molar-refractivity contribution >= 4 is 22.6 Å². The highest BCUT2D eigenvalue weighted by molar-refractivity contribution is 6.20. The molecule has 0 bridgehead atoms. The summed E-state index contributed by atoms with van der Waals surface area (Å²) in [6.07, 6.45) is 0. The molecule has 1 aromatic heterocycles. The molecule has 0 saturated carbocycles. The van der Waals surface area contributed by atoms with Gasteiger partial charge in [-0.25, -0.2) is 9.37 Å². The monoisotopic (exact) mass is 283 g/mol. The summed E-state index contributed by atoms with van der Waals surface area (Å²) >= 11 is 6.18. The second-order valence-electron chi connectivity index (χ2n) is 5.13. The Balaban J connectivity index is 2.55. The Bertz CT molecular complexity index is 590. The average Bonchev–Trinajstić information content (AvgIpc) is 2.65. The van der Waals surface area contributed by atoms with Crippen molar-refractivity contribution < 1.29 is 4.39 Å². The Morgan fingerprint density at radius 3 is 2.68 bits per heavy atom. The van der Waals surface area contributed by atoms with Gasteiger partial charge in [-0.1, -0.05) is 0 Å². The summed E-state index contributed by atoms with van der Waals surface area (Å²) in [7, 11) is 4.04. The highest BCUT2D eigenvalue weighted by Crippen LogP contribution is 2.26. The van der Waals surface area contributed by atoms with E-state index in [-0.39, 0.29) is 11.2 Å². The van der Waals surface area contributed by atoms with Gasteiger partial charge in [-0.2, -0.15) is 0 Å². The number of aromatic nitrogens is 2. The molecule has 2 aromatic rings. The standard InChI is InChI=1S/C14H19ClFN3/c1-9-7-13-12(8-11(9)16)17-14(10(2)15)19(13)6-5-18(3)4/h7-8,10H,5-6H2,1-4H3. The van der Waals surface area contributed by atoms with Crippen LogP contribution in [0.5, 0.6) is 0 Å². The van der Waals surface area contributed by atoms with Crippen molar-refractivity contribution in [3.05, 3.63) is 29.3 Å². The van der Waals surface area contributed by atoms with Crippen LogP contribution in [0.1, 0.15) is 23.7 Å². The average molecular weight is 284 g/mol. The molecule has 1 unspecified atom stereocenters. The Kier molecular flexibility index (Phi) is 4.11. The molecule has 19 heavy (non-hydrogen) atoms. The van der Waals surface area contributed by atoms with E-state index in [0.29, 0.717) is 11.1 Å². The molecular formula is C14H19ClFN3. The van der Waals surface area contributed by atoms with Crippen LogP contribution in [0.2, 0.25) is 0 Å². The van der Waals surface area contributed by atoms with Gasteiger partial charge in [0.1, 0.15) is 11.6 Å². The lowest BCUT2D eigenvalue weighted by molar-refractivity contribution is 0.383. The van der Waals surface area contributed by atoms with E-state index in [4.69, 9.17) is 11.6 Å². The molecule has 0 aliphatic heterocycles. The van der Waals surface area contributed by atoms with E-state index in [1.54, 1.807) is 6.92 Å². The van der Waals surface area contributed by atoms with Crippen LogP contribution in [-0.2, 0) is 6.54 Å². The van der Waals surface area contributed by atoms with Gasteiger partial charge < -0.3 is 9.47 Å². The van der Waals surface area contributed by atoms with E-state index in [1.807, 2.05) is 27.1 Å². The molecule has 5 heteroatoms. The minimum Gasteiger partial charge on any atom is -0.325 e. The summed E-state index contributed by atoms with van der Waals surface area (Å²) in [6.45, 7) is 5.33. The molecule has 0 amide bonds. The molecule has 0 N–H and O–H groups in total. The molecule has 0 fully saturated rings. The predicted octanol–water partition coefficient (Wildman–Crippen LogP) is 3.35. The first-order chi connectivity index (χ1) is 8.90. The molecule has 104 valence electrons. The van der Waals surface area contributed by atoms with E-state index in [2.05, 4.69) is 14.5 Å². The normalized spacial score (nSPS) is 13.4. The molecular weight excluding hydrogens is 265 g/mol. The van der Waals surface area contributed by atoms with E-state index in [0.717, 1.165) is 24.4 Å². The van der Waals surface area contributed by atoms with Gasteiger partial charge in [-0.05, 0) is 39.6 Å². The van der Waals surface area contributed by atoms with Gasteiger partial charge in [0.15, 0.2) is 0 Å². The van der Waals surface area contributed by atoms with Crippen molar-refractivity contribution in [1.29, 1.82) is 0 Å². The zero-order valence-corrected chi connectivity index (χ0v) is 12.5. The quantitative estimate of drug-likeness (QED) is 0.803. The van der Waals surface area contributed by atoms with Gasteiger partial charge in [0, 0.05) is 19.2 Å². The van der Waals surface area contributed by atoms with Crippen LogP contribution >= 0.6 is 11.6 Å². The number of hydrogen-bond acceptors (Lipinski definition) is 2. The fourth-order valence-electron chi connectivity index (χ4n) is 2.11. The summed E-state index contributed by atoms with van der Waals surface area (Å²) in [5, 5.41) is -0.196. The predicted molar refractivity (Wildman–Crippen MR) is 77.3 cm³/mol. The molecule has 3 nitrogen and oxygen atoms in total. The Hall–Kier alpha value is -1.13. The van der Waals surface area contributed by atoms with Crippen molar-refractivity contribution in [3.63, 3.8) is 0 Å². The number of alkyl halides is 1. The number of imidazole rings is 1. The Morgan fingerprint density at radius 2 is 2.11 bits per heavy atom. The number of hydrogen-bond donors (Lipinski definition) is 0. The first-order valence-electron chi connectivity index (χ1n) is 6.35. The topological polar surface area (TPSA) is 21.1 Å². The van der Waals surface area contributed by atoms with Crippen LogP contribution in [0.25, 0.3) is 11.0 Å². The minimum atomic E-state index is -0.224. The highest BCUT2D eigenvalue weighted by atomic mass is 35.5. The molecule has 0 aliphatic rings. The summed E-state index contributed by atoms with van der Waals surface area (Å²) in [6, 6.07) is 3.33. The van der Waals surface area contributed by atoms with Crippen molar-refractivity contribution in [2.45, 2.75) is 25.8 Å². The largest absolute Gasteiger partial charge is 0.325 e. The highest BCUT2D eigenvalue weighted by Gasteiger charge is 2.16. The van der Waals surface area contributed by atoms with Gasteiger partial charge in [-0.3, -0.25) is 0 Å². The van der Waals surface area contributed by atoms with Crippen molar-refractivity contribution in [1.82, 2.24) is 14.5 Å². The van der Waals surface area contributed by atoms with Gasteiger partial charge in [0.25, 0.3) is 0 Å². The van der Waals surface area contributed by atoms with Gasteiger partial charge in [0.05, 0.1) is 16.4 Å². The number of benzene rings is 1.